The molecule has 2 unspecified atom stereocenters. The summed E-state index contributed by atoms with van der Waals surface area (Å²) < 4.78 is 0. The van der Waals surface area contributed by atoms with Gasteiger partial charge >= 0.3 is 0 Å². The molecule has 2 aromatic carbocycles. The van der Waals surface area contributed by atoms with E-state index in [1.807, 2.05) is 0 Å². The van der Waals surface area contributed by atoms with Crippen LogP contribution >= 0.6 is 0 Å². The zero-order valence-corrected chi connectivity index (χ0v) is 43.2. The number of aryl methyl sites for hydroxylation is 4. The lowest BCUT2D eigenvalue weighted by molar-refractivity contribution is 0.463. The highest BCUT2D eigenvalue weighted by Crippen LogP contribution is 2.33. The first kappa shape index (κ1) is 56.6. The molecule has 2 atom stereocenters. The van der Waals surface area contributed by atoms with Crippen molar-refractivity contribution in [1.82, 2.24) is 0 Å². The molecule has 0 aliphatic rings. The standard InChI is InChI=1S/C62H109/c1-7-13-18-19-20-21-22-23-24-25-26-27-28-29-30-31-32-33-34-35-36-37-38-39-40-41-42-55(51-56-47-48-58(43-14-8-2)60(53-56)45-16-10-4)52-57(12-6)62-50-49-59(44-15-9-3)61(54-62)46-17-11-5/h47-50,52-55,57H,7-46,51H2,1-6H3. The molecule has 0 saturated heterocycles. The SMILES string of the molecule is CCCCCCCCCCCCCCCCCCCCCCCCCCCCC([CH]C(CC)c1ccc(CCCC)c(CCCC)c1)Cc1ccc(CCCC)c(CCCC)c1. The van der Waals surface area contributed by atoms with E-state index in [-0.39, 0.29) is 0 Å². The Balaban J connectivity index is 1.73. The highest BCUT2D eigenvalue weighted by Gasteiger charge is 2.20. The second-order valence-corrected chi connectivity index (χ2v) is 20.3. The third kappa shape index (κ3) is 28.4. The van der Waals surface area contributed by atoms with E-state index in [1.54, 1.807) is 33.4 Å². The summed E-state index contributed by atoms with van der Waals surface area (Å²) in [5, 5.41) is 0. The van der Waals surface area contributed by atoms with Crippen LogP contribution in [0.2, 0.25) is 0 Å². The number of unbranched alkanes of at least 4 members (excludes halogenated alkanes) is 29. The largest absolute Gasteiger partial charge is 0.0654 e. The van der Waals surface area contributed by atoms with Gasteiger partial charge in [0.15, 0.2) is 0 Å². The second kappa shape index (κ2) is 40.9. The lowest BCUT2D eigenvalue weighted by atomic mass is 9.80. The molecule has 0 N–H and O–H groups in total. The van der Waals surface area contributed by atoms with Gasteiger partial charge in [0.1, 0.15) is 0 Å². The van der Waals surface area contributed by atoms with Crippen molar-refractivity contribution in [3.8, 4) is 0 Å². The molecule has 0 saturated carbocycles. The smallest absolute Gasteiger partial charge is 0.0130 e. The Morgan fingerprint density at radius 1 is 0.339 bits per heavy atom. The third-order valence-electron chi connectivity index (χ3n) is 14.5. The van der Waals surface area contributed by atoms with E-state index in [0.717, 1.165) is 0 Å². The molecule has 0 heteroatoms. The molecule has 0 aromatic heterocycles. The Kier molecular flexibility index (Phi) is 37.3. The highest BCUT2D eigenvalue weighted by molar-refractivity contribution is 5.36. The maximum absolute atomic E-state index is 2.82. The van der Waals surface area contributed by atoms with Gasteiger partial charge in [-0.1, -0.05) is 271 Å². The van der Waals surface area contributed by atoms with Crippen LogP contribution in [0.15, 0.2) is 36.4 Å². The minimum absolute atomic E-state index is 0.549. The number of hydrogen-bond acceptors (Lipinski definition) is 0. The Bertz CT molecular complexity index is 1250. The van der Waals surface area contributed by atoms with Gasteiger partial charge in [0.05, 0.1) is 0 Å². The predicted octanol–water partition coefficient (Wildman–Crippen LogP) is 21.2. The molecule has 1 radical (unpaired) electrons. The number of rotatable bonds is 45. The first-order chi connectivity index (χ1) is 30.6. The van der Waals surface area contributed by atoms with Crippen LogP contribution in [0.5, 0.6) is 0 Å². The molecule has 0 nitrogen and oxygen atoms in total. The van der Waals surface area contributed by atoms with E-state index in [2.05, 4.69) is 84.4 Å². The highest BCUT2D eigenvalue weighted by atomic mass is 14.2. The number of benzene rings is 2. The lowest BCUT2D eigenvalue weighted by Gasteiger charge is -2.25. The molecular weight excluding hydrogens is 745 g/mol. The van der Waals surface area contributed by atoms with Crippen molar-refractivity contribution in [2.24, 2.45) is 5.92 Å². The first-order valence-electron chi connectivity index (χ1n) is 28.7. The van der Waals surface area contributed by atoms with E-state index in [0.29, 0.717) is 11.8 Å². The maximum Gasteiger partial charge on any atom is -0.0130 e. The lowest BCUT2D eigenvalue weighted by Crippen LogP contribution is -2.13. The summed E-state index contributed by atoms with van der Waals surface area (Å²) in [5.74, 6) is 1.20. The van der Waals surface area contributed by atoms with Crippen LogP contribution in [-0.2, 0) is 32.1 Å². The summed E-state index contributed by atoms with van der Waals surface area (Å²) in [6.07, 6.45) is 59.9. The summed E-state index contributed by atoms with van der Waals surface area (Å²) in [6.45, 7) is 14.1. The maximum atomic E-state index is 2.82. The molecule has 0 bridgehead atoms. The molecule has 0 spiro atoms. The molecule has 62 heavy (non-hydrogen) atoms. The van der Waals surface area contributed by atoms with Crippen molar-refractivity contribution in [2.75, 3.05) is 0 Å². The second-order valence-electron chi connectivity index (χ2n) is 20.3. The van der Waals surface area contributed by atoms with Crippen molar-refractivity contribution in [3.05, 3.63) is 76.2 Å². The Hall–Kier alpha value is -1.56. The van der Waals surface area contributed by atoms with Gasteiger partial charge < -0.3 is 0 Å². The van der Waals surface area contributed by atoms with Gasteiger partial charge in [-0.05, 0) is 122 Å². The first-order valence-corrected chi connectivity index (χ1v) is 28.7. The van der Waals surface area contributed by atoms with Gasteiger partial charge in [-0.15, -0.1) is 0 Å². The third-order valence-corrected chi connectivity index (χ3v) is 14.5. The average Bonchev–Trinajstić information content (AvgIpc) is 3.29. The number of hydrogen-bond donors (Lipinski definition) is 0. The van der Waals surface area contributed by atoms with Crippen molar-refractivity contribution in [3.63, 3.8) is 0 Å². The molecule has 0 aliphatic heterocycles. The predicted molar refractivity (Wildman–Crippen MR) is 282 cm³/mol. The summed E-state index contributed by atoms with van der Waals surface area (Å²) in [5.41, 5.74) is 9.68. The van der Waals surface area contributed by atoms with Gasteiger partial charge in [-0.25, -0.2) is 0 Å². The minimum Gasteiger partial charge on any atom is -0.0654 e. The molecule has 2 rings (SSSR count). The monoisotopic (exact) mass is 854 g/mol. The Labute approximate surface area is 391 Å². The van der Waals surface area contributed by atoms with Gasteiger partial charge in [0.2, 0.25) is 0 Å². The van der Waals surface area contributed by atoms with E-state index in [4.69, 9.17) is 0 Å². The summed E-state index contributed by atoms with van der Waals surface area (Å²) in [6, 6.07) is 15.3. The summed E-state index contributed by atoms with van der Waals surface area (Å²) in [4.78, 5) is 0. The van der Waals surface area contributed by atoms with Crippen molar-refractivity contribution in [1.29, 1.82) is 0 Å². The minimum atomic E-state index is 0.549. The quantitative estimate of drug-likeness (QED) is 0.0582. The van der Waals surface area contributed by atoms with Gasteiger partial charge in [0, 0.05) is 0 Å². The van der Waals surface area contributed by atoms with Gasteiger partial charge in [-0.3, -0.25) is 0 Å². The van der Waals surface area contributed by atoms with E-state index in [1.165, 1.54) is 263 Å². The van der Waals surface area contributed by atoms with E-state index in [9.17, 15) is 0 Å². The molecule has 0 amide bonds. The van der Waals surface area contributed by atoms with Crippen molar-refractivity contribution >= 4 is 0 Å². The van der Waals surface area contributed by atoms with E-state index < -0.39 is 0 Å². The molecular formula is C62H109. The van der Waals surface area contributed by atoms with Crippen LogP contribution < -0.4 is 0 Å². The van der Waals surface area contributed by atoms with Crippen molar-refractivity contribution in [2.45, 2.75) is 311 Å². The Morgan fingerprint density at radius 3 is 1.06 bits per heavy atom. The van der Waals surface area contributed by atoms with Crippen LogP contribution in [0.25, 0.3) is 0 Å². The van der Waals surface area contributed by atoms with Gasteiger partial charge in [0.25, 0.3) is 0 Å². The molecule has 0 fully saturated rings. The molecule has 0 aliphatic carbocycles. The Morgan fingerprint density at radius 2 is 0.677 bits per heavy atom. The van der Waals surface area contributed by atoms with Crippen molar-refractivity contribution < 1.29 is 0 Å². The van der Waals surface area contributed by atoms with E-state index >= 15 is 0 Å². The average molecular weight is 855 g/mol. The normalized spacial score (nSPS) is 12.7. The van der Waals surface area contributed by atoms with Crippen LogP contribution in [0.4, 0.5) is 0 Å². The van der Waals surface area contributed by atoms with Crippen LogP contribution in [0.1, 0.15) is 312 Å². The van der Waals surface area contributed by atoms with Crippen LogP contribution in [0.3, 0.4) is 0 Å². The summed E-state index contributed by atoms with van der Waals surface area (Å²) >= 11 is 0. The zero-order chi connectivity index (χ0) is 44.6. The fraction of sp³-hybridized carbons (Fsp3) is 0.790. The molecule has 2 aromatic rings. The van der Waals surface area contributed by atoms with Crippen LogP contribution in [0, 0.1) is 12.3 Å². The fourth-order valence-corrected chi connectivity index (χ4v) is 10.2. The molecule has 357 valence electrons. The molecule has 0 heterocycles. The zero-order valence-electron chi connectivity index (χ0n) is 43.2. The van der Waals surface area contributed by atoms with Crippen LogP contribution in [-0.4, -0.2) is 0 Å². The summed E-state index contributed by atoms with van der Waals surface area (Å²) in [7, 11) is 0. The van der Waals surface area contributed by atoms with Gasteiger partial charge in [-0.2, -0.15) is 0 Å². The fourth-order valence-electron chi connectivity index (χ4n) is 10.2. The topological polar surface area (TPSA) is 0 Å².